The zero-order chi connectivity index (χ0) is 33.9. The maximum absolute atomic E-state index is 13.6. The largest absolute Gasteiger partial charge is 0.368 e. The number of aromatic nitrogens is 3. The molecule has 0 bridgehead atoms. The van der Waals surface area contributed by atoms with Gasteiger partial charge in [0, 0.05) is 69.0 Å². The van der Waals surface area contributed by atoms with Gasteiger partial charge in [0.25, 0.3) is 11.5 Å². The Morgan fingerprint density at radius 2 is 1.64 bits per heavy atom. The van der Waals surface area contributed by atoms with Crippen molar-refractivity contribution in [2.75, 3.05) is 50.0 Å². The van der Waals surface area contributed by atoms with Crippen molar-refractivity contribution in [2.45, 2.75) is 83.8 Å². The van der Waals surface area contributed by atoms with E-state index < -0.39 is 8.07 Å². The second-order valence-electron chi connectivity index (χ2n) is 14.5. The quantitative estimate of drug-likeness (QED) is 0.206. The third kappa shape index (κ3) is 7.41. The van der Waals surface area contributed by atoms with E-state index in [1.807, 2.05) is 18.2 Å². The van der Waals surface area contributed by atoms with E-state index in [1.165, 1.54) is 25.7 Å². The molecule has 1 amide bonds. The summed E-state index contributed by atoms with van der Waals surface area (Å²) in [4.78, 5) is 40.8. The number of pyridine rings is 1. The first-order valence-corrected chi connectivity index (χ1v) is 19.7. The third-order valence-electron chi connectivity index (χ3n) is 10.6. The molecule has 3 heterocycles. The molecule has 3 aromatic rings. The van der Waals surface area contributed by atoms with Crippen LogP contribution in [-0.2, 0) is 7.05 Å². The first kappa shape index (κ1) is 34.6. The Bertz CT molecular complexity index is 1690. The first-order valence-electron chi connectivity index (χ1n) is 17.4. The van der Waals surface area contributed by atoms with Crippen LogP contribution in [0.1, 0.15) is 83.1 Å². The summed E-state index contributed by atoms with van der Waals surface area (Å²) in [6, 6.07) is 7.51. The summed E-state index contributed by atoms with van der Waals surface area (Å²) < 4.78 is 1.55. The Balaban J connectivity index is 1.47. The number of hydrogen-bond donors (Lipinski definition) is 2. The lowest BCUT2D eigenvalue weighted by molar-refractivity contribution is 0.0947. The summed E-state index contributed by atoms with van der Waals surface area (Å²) in [5, 5.41) is 7.30. The Labute approximate surface area is 281 Å². The monoisotopic (exact) mass is 655 g/mol. The molecule has 1 saturated heterocycles. The molecule has 0 spiro atoms. The number of aryl methyl sites for hydroxylation is 1. The van der Waals surface area contributed by atoms with Crippen LogP contribution in [0.25, 0.3) is 11.0 Å². The van der Waals surface area contributed by atoms with Gasteiger partial charge in [-0.2, -0.15) is 4.98 Å². The van der Waals surface area contributed by atoms with Crippen molar-refractivity contribution in [3.63, 3.8) is 0 Å². The third-order valence-corrected chi connectivity index (χ3v) is 16.9. The van der Waals surface area contributed by atoms with Crippen LogP contribution in [0.5, 0.6) is 0 Å². The summed E-state index contributed by atoms with van der Waals surface area (Å²) in [5.41, 5.74) is 8.55. The van der Waals surface area contributed by atoms with E-state index in [-0.39, 0.29) is 11.5 Å². The molecule has 2 N–H and O–H groups in total. The molecular formula is C37H53N7O2Si. The molecule has 0 atom stereocenters. The maximum atomic E-state index is 13.6. The van der Waals surface area contributed by atoms with Crippen molar-refractivity contribution in [1.82, 2.24) is 24.8 Å². The van der Waals surface area contributed by atoms with E-state index in [4.69, 9.17) is 4.98 Å². The summed E-state index contributed by atoms with van der Waals surface area (Å²) in [6.45, 7) is 18.1. The lowest BCUT2D eigenvalue weighted by Crippen LogP contribution is -2.45. The van der Waals surface area contributed by atoms with E-state index in [0.29, 0.717) is 51.8 Å². The van der Waals surface area contributed by atoms with Gasteiger partial charge in [-0.3, -0.25) is 14.2 Å². The fourth-order valence-electron chi connectivity index (χ4n) is 7.79. The Hall–Kier alpha value is -3.68. The number of amides is 1. The zero-order valence-electron chi connectivity index (χ0n) is 29.6. The molecule has 1 saturated carbocycles. The van der Waals surface area contributed by atoms with Crippen molar-refractivity contribution in [3.8, 4) is 11.5 Å². The summed E-state index contributed by atoms with van der Waals surface area (Å²) in [7, 11) is 1.86. The molecule has 0 unspecified atom stereocenters. The van der Waals surface area contributed by atoms with E-state index in [2.05, 4.69) is 85.5 Å². The normalized spacial score (nSPS) is 16.3. The van der Waals surface area contributed by atoms with Gasteiger partial charge < -0.3 is 20.4 Å². The van der Waals surface area contributed by atoms with Crippen molar-refractivity contribution >= 4 is 42.3 Å². The molecule has 1 aliphatic carbocycles. The molecule has 47 heavy (non-hydrogen) atoms. The second-order valence-corrected chi connectivity index (χ2v) is 20.1. The number of rotatable bonds is 9. The molecule has 1 aliphatic heterocycles. The lowest BCUT2D eigenvalue weighted by atomic mass is 10.1. The minimum Gasteiger partial charge on any atom is -0.368 e. The lowest BCUT2D eigenvalue weighted by Gasteiger charge is -2.38. The van der Waals surface area contributed by atoms with Crippen LogP contribution in [-0.4, -0.2) is 73.2 Å². The molecular weight excluding hydrogens is 603 g/mol. The SMILES string of the molecule is CC(C)[Si](C#Cc1cc(=O)n(C)c2nc(Nc3ccc(N4CCN(C)CC4)c(C(=O)NCC4CCCC4)c3)ncc12)(C(C)C)C(C)C. The molecule has 252 valence electrons. The maximum Gasteiger partial charge on any atom is 0.253 e. The molecule has 9 nitrogen and oxygen atoms in total. The fourth-order valence-corrected chi connectivity index (χ4v) is 13.0. The molecule has 2 aliphatic rings. The van der Waals surface area contributed by atoms with Gasteiger partial charge in [0.2, 0.25) is 5.95 Å². The molecule has 0 radical (unpaired) electrons. The van der Waals surface area contributed by atoms with Crippen molar-refractivity contribution in [2.24, 2.45) is 13.0 Å². The highest BCUT2D eigenvalue weighted by molar-refractivity contribution is 6.90. The average Bonchev–Trinajstić information content (AvgIpc) is 3.56. The van der Waals surface area contributed by atoms with Crippen LogP contribution < -0.4 is 21.1 Å². The average molecular weight is 656 g/mol. The zero-order valence-corrected chi connectivity index (χ0v) is 30.6. The van der Waals surface area contributed by atoms with E-state index in [9.17, 15) is 9.59 Å². The highest BCUT2D eigenvalue weighted by Crippen LogP contribution is 2.41. The molecule has 2 aromatic heterocycles. The molecule has 1 aromatic carbocycles. The number of carbonyl (C=O) groups excluding carboxylic acids is 1. The van der Waals surface area contributed by atoms with E-state index in [0.717, 1.165) is 42.9 Å². The van der Waals surface area contributed by atoms with Crippen LogP contribution in [0, 0.1) is 17.4 Å². The van der Waals surface area contributed by atoms with Gasteiger partial charge in [0.05, 0.1) is 10.9 Å². The summed E-state index contributed by atoms with van der Waals surface area (Å²) in [6.07, 6.45) is 6.60. The Kier molecular flexibility index (Phi) is 10.8. The number of likely N-dealkylation sites (N-methyl/N-ethyl adjacent to an activating group) is 1. The standard InChI is InChI=1S/C37H53N7O2Si/c1-25(2)47(26(3)4,27(5)6)20-15-29-21-34(45)43(8)35-32(29)24-39-37(41-35)40-30-13-14-33(44-18-16-42(7)17-19-44)31(22-30)36(46)38-23-28-11-9-10-12-28/h13-14,21-22,24-28H,9-12,16-19,23H2,1-8H3,(H,38,46)(H,39,40,41). The van der Waals surface area contributed by atoms with Gasteiger partial charge in [-0.05, 0) is 60.6 Å². The highest BCUT2D eigenvalue weighted by Gasteiger charge is 2.41. The number of anilines is 3. The fraction of sp³-hybridized carbons (Fsp3) is 0.568. The van der Waals surface area contributed by atoms with Gasteiger partial charge >= 0.3 is 0 Å². The molecule has 10 heteroatoms. The van der Waals surface area contributed by atoms with Crippen LogP contribution in [0.15, 0.2) is 35.3 Å². The van der Waals surface area contributed by atoms with Crippen LogP contribution >= 0.6 is 0 Å². The Morgan fingerprint density at radius 3 is 2.28 bits per heavy atom. The predicted molar refractivity (Wildman–Crippen MR) is 196 cm³/mol. The van der Waals surface area contributed by atoms with Crippen molar-refractivity contribution in [3.05, 3.63) is 51.9 Å². The topological polar surface area (TPSA) is 95.4 Å². The number of hydrogen-bond acceptors (Lipinski definition) is 7. The van der Waals surface area contributed by atoms with Gasteiger partial charge in [-0.15, -0.1) is 5.54 Å². The smallest absolute Gasteiger partial charge is 0.253 e. The number of piperazine rings is 1. The number of carbonyl (C=O) groups is 1. The van der Waals surface area contributed by atoms with Crippen LogP contribution in [0.2, 0.25) is 16.6 Å². The second kappa shape index (κ2) is 14.6. The minimum atomic E-state index is -2.00. The van der Waals surface area contributed by atoms with E-state index >= 15 is 0 Å². The van der Waals surface area contributed by atoms with Crippen molar-refractivity contribution in [1.29, 1.82) is 0 Å². The van der Waals surface area contributed by atoms with E-state index in [1.54, 1.807) is 23.9 Å². The van der Waals surface area contributed by atoms with Gasteiger partial charge in [-0.1, -0.05) is 60.3 Å². The minimum absolute atomic E-state index is 0.0525. The summed E-state index contributed by atoms with van der Waals surface area (Å²) >= 11 is 0. The summed E-state index contributed by atoms with van der Waals surface area (Å²) in [5.74, 6) is 4.31. The van der Waals surface area contributed by atoms with Crippen LogP contribution in [0.3, 0.4) is 0 Å². The predicted octanol–water partition coefficient (Wildman–Crippen LogP) is 6.31. The van der Waals surface area contributed by atoms with Crippen LogP contribution in [0.4, 0.5) is 17.3 Å². The number of nitrogens with zero attached hydrogens (tertiary/aromatic N) is 5. The number of nitrogens with one attached hydrogen (secondary N) is 2. The highest BCUT2D eigenvalue weighted by atomic mass is 28.3. The molecule has 5 rings (SSSR count). The number of benzene rings is 1. The first-order chi connectivity index (χ1) is 22.4. The molecule has 2 fully saturated rings. The van der Waals surface area contributed by atoms with Gasteiger partial charge in [0.15, 0.2) is 0 Å². The van der Waals surface area contributed by atoms with Gasteiger partial charge in [-0.25, -0.2) is 4.98 Å². The van der Waals surface area contributed by atoms with Crippen molar-refractivity contribution < 1.29 is 4.79 Å². The number of fused-ring (bicyclic) bond motifs is 1. The van der Waals surface area contributed by atoms with Gasteiger partial charge in [0.1, 0.15) is 13.7 Å². The Morgan fingerprint density at radius 1 is 0.979 bits per heavy atom.